The van der Waals surface area contributed by atoms with Gasteiger partial charge in [0.25, 0.3) is 0 Å². The number of hydrogen-bond donors (Lipinski definition) is 1. The summed E-state index contributed by atoms with van der Waals surface area (Å²) in [5.41, 5.74) is 1.97. The van der Waals surface area contributed by atoms with E-state index in [4.69, 9.17) is 16.3 Å². The predicted molar refractivity (Wildman–Crippen MR) is 97.6 cm³/mol. The summed E-state index contributed by atoms with van der Waals surface area (Å²) in [6.45, 7) is 4.43. The summed E-state index contributed by atoms with van der Waals surface area (Å²) in [6.07, 6.45) is 2.01. The molecule has 1 heterocycles. The van der Waals surface area contributed by atoms with Crippen molar-refractivity contribution in [3.8, 4) is 0 Å². The summed E-state index contributed by atoms with van der Waals surface area (Å²) >= 11 is 6.22. The normalized spacial score (nSPS) is 17.5. The molecule has 1 atom stereocenters. The van der Waals surface area contributed by atoms with Crippen molar-refractivity contribution in [2.75, 3.05) is 40.9 Å². The molecule has 6 heteroatoms. The van der Waals surface area contributed by atoms with Gasteiger partial charge in [-0.25, -0.2) is 4.79 Å². The van der Waals surface area contributed by atoms with Crippen LogP contribution in [-0.2, 0) is 4.74 Å². The lowest BCUT2D eigenvalue weighted by Gasteiger charge is -2.36. The maximum Gasteiger partial charge on any atom is 0.317 e. The van der Waals surface area contributed by atoms with E-state index in [1.54, 1.807) is 7.11 Å². The standard InChI is InChI=1S/C18H28ClN3O2/c1-13-15(6-5-7-16(13)19)17(12-24-4)20-18(23)22(3)14-8-10-21(2)11-9-14/h5-7,14,17H,8-12H2,1-4H3,(H,20,23). The SMILES string of the molecule is COCC(NC(=O)N(C)C1CCN(C)CC1)c1cccc(Cl)c1C. The van der Waals surface area contributed by atoms with E-state index in [9.17, 15) is 4.79 Å². The second-order valence-electron chi connectivity index (χ2n) is 6.56. The third kappa shape index (κ3) is 4.62. The number of carbonyl (C=O) groups excluding carboxylic acids is 1. The molecule has 1 aliphatic rings. The fourth-order valence-electron chi connectivity index (χ4n) is 3.18. The molecule has 1 N–H and O–H groups in total. The highest BCUT2D eigenvalue weighted by Gasteiger charge is 2.26. The van der Waals surface area contributed by atoms with Crippen LogP contribution in [0.3, 0.4) is 0 Å². The molecule has 0 spiro atoms. The Morgan fingerprint density at radius 2 is 2.12 bits per heavy atom. The van der Waals surface area contributed by atoms with Gasteiger partial charge in [-0.15, -0.1) is 0 Å². The molecule has 0 radical (unpaired) electrons. The third-order valence-corrected chi connectivity index (χ3v) is 5.28. The van der Waals surface area contributed by atoms with E-state index in [2.05, 4.69) is 17.3 Å². The molecule has 2 rings (SSSR count). The van der Waals surface area contributed by atoms with Crippen LogP contribution in [0.1, 0.15) is 30.0 Å². The molecule has 0 aromatic heterocycles. The number of hydrogen-bond acceptors (Lipinski definition) is 3. The Kier molecular flexibility index (Phi) is 6.90. The maximum atomic E-state index is 12.7. The van der Waals surface area contributed by atoms with Gasteiger partial charge in [0.15, 0.2) is 0 Å². The zero-order chi connectivity index (χ0) is 17.7. The van der Waals surface area contributed by atoms with Crippen molar-refractivity contribution in [1.82, 2.24) is 15.1 Å². The van der Waals surface area contributed by atoms with Gasteiger partial charge in [-0.1, -0.05) is 23.7 Å². The van der Waals surface area contributed by atoms with Gasteiger partial charge < -0.3 is 19.9 Å². The molecule has 0 saturated carbocycles. The Balaban J connectivity index is 2.06. The number of halogens is 1. The van der Waals surface area contributed by atoms with Gasteiger partial charge in [0, 0.05) is 25.2 Å². The first-order valence-corrected chi connectivity index (χ1v) is 8.77. The predicted octanol–water partition coefficient (Wildman–Crippen LogP) is 3.07. The summed E-state index contributed by atoms with van der Waals surface area (Å²) in [4.78, 5) is 16.8. The molecule has 2 amide bonds. The summed E-state index contributed by atoms with van der Waals surface area (Å²) in [7, 11) is 5.63. The number of piperidine rings is 1. The highest BCUT2D eigenvalue weighted by molar-refractivity contribution is 6.31. The van der Waals surface area contributed by atoms with Gasteiger partial charge in [0.1, 0.15) is 0 Å². The Morgan fingerprint density at radius 1 is 1.46 bits per heavy atom. The van der Waals surface area contributed by atoms with E-state index < -0.39 is 0 Å². The summed E-state index contributed by atoms with van der Waals surface area (Å²) < 4.78 is 5.31. The van der Waals surface area contributed by atoms with E-state index in [1.807, 2.05) is 37.1 Å². The maximum absolute atomic E-state index is 12.7. The first-order chi connectivity index (χ1) is 11.4. The molecule has 134 valence electrons. The molecule has 1 fully saturated rings. The Labute approximate surface area is 149 Å². The minimum absolute atomic E-state index is 0.0639. The number of methoxy groups -OCH3 is 1. The quantitative estimate of drug-likeness (QED) is 0.884. The van der Waals surface area contributed by atoms with E-state index >= 15 is 0 Å². The van der Waals surface area contributed by atoms with Crippen molar-refractivity contribution >= 4 is 17.6 Å². The topological polar surface area (TPSA) is 44.8 Å². The average Bonchev–Trinajstić information content (AvgIpc) is 2.57. The molecule has 24 heavy (non-hydrogen) atoms. The number of benzene rings is 1. The van der Waals surface area contributed by atoms with Crippen molar-refractivity contribution in [2.45, 2.75) is 31.8 Å². The number of ether oxygens (including phenoxy) is 1. The van der Waals surface area contributed by atoms with Crippen molar-refractivity contribution in [3.05, 3.63) is 34.3 Å². The van der Waals surface area contributed by atoms with E-state index in [-0.39, 0.29) is 18.1 Å². The molecule has 1 unspecified atom stereocenters. The van der Waals surface area contributed by atoms with Crippen LogP contribution in [0.5, 0.6) is 0 Å². The first-order valence-electron chi connectivity index (χ1n) is 8.39. The molecule has 0 aliphatic carbocycles. The van der Waals surface area contributed by atoms with Gasteiger partial charge in [0.2, 0.25) is 0 Å². The zero-order valence-corrected chi connectivity index (χ0v) is 15.8. The fourth-order valence-corrected chi connectivity index (χ4v) is 3.36. The molecule has 1 saturated heterocycles. The summed E-state index contributed by atoms with van der Waals surface area (Å²) in [5.74, 6) is 0. The van der Waals surface area contributed by atoms with E-state index in [0.29, 0.717) is 11.6 Å². The number of likely N-dealkylation sites (tertiary alicyclic amines) is 1. The van der Waals surface area contributed by atoms with Gasteiger partial charge >= 0.3 is 6.03 Å². The van der Waals surface area contributed by atoms with Crippen molar-refractivity contribution in [3.63, 3.8) is 0 Å². The molecular weight excluding hydrogens is 326 g/mol. The lowest BCUT2D eigenvalue weighted by Crippen LogP contribution is -2.49. The number of nitrogens with one attached hydrogen (secondary N) is 1. The second-order valence-corrected chi connectivity index (χ2v) is 6.96. The Hall–Kier alpha value is -1.30. The van der Waals surface area contributed by atoms with Crippen LogP contribution in [0.25, 0.3) is 0 Å². The van der Waals surface area contributed by atoms with E-state index in [1.165, 1.54) is 0 Å². The van der Waals surface area contributed by atoms with Crippen LogP contribution in [0.2, 0.25) is 5.02 Å². The largest absolute Gasteiger partial charge is 0.382 e. The van der Waals surface area contributed by atoms with E-state index in [0.717, 1.165) is 37.1 Å². The highest BCUT2D eigenvalue weighted by Crippen LogP contribution is 2.25. The monoisotopic (exact) mass is 353 g/mol. The van der Waals surface area contributed by atoms with Crippen LogP contribution < -0.4 is 5.32 Å². The van der Waals surface area contributed by atoms with Crippen LogP contribution in [0, 0.1) is 6.92 Å². The highest BCUT2D eigenvalue weighted by atomic mass is 35.5. The van der Waals surface area contributed by atoms with Gasteiger partial charge in [-0.3, -0.25) is 0 Å². The number of amides is 2. The smallest absolute Gasteiger partial charge is 0.317 e. The van der Waals surface area contributed by atoms with Gasteiger partial charge in [-0.2, -0.15) is 0 Å². The Morgan fingerprint density at radius 3 is 2.75 bits per heavy atom. The zero-order valence-electron chi connectivity index (χ0n) is 15.0. The van der Waals surface area contributed by atoms with Gasteiger partial charge in [0.05, 0.1) is 12.6 Å². The van der Waals surface area contributed by atoms with Crippen LogP contribution >= 0.6 is 11.6 Å². The molecule has 1 aromatic rings. The Bertz CT molecular complexity index is 559. The molecule has 0 bridgehead atoms. The van der Waals surface area contributed by atoms with Crippen LogP contribution in [-0.4, -0.2) is 62.8 Å². The molecular formula is C18H28ClN3O2. The number of rotatable bonds is 5. The van der Waals surface area contributed by atoms with Crippen molar-refractivity contribution in [2.24, 2.45) is 0 Å². The van der Waals surface area contributed by atoms with Crippen molar-refractivity contribution in [1.29, 1.82) is 0 Å². The second kappa shape index (κ2) is 8.70. The minimum Gasteiger partial charge on any atom is -0.382 e. The van der Waals surface area contributed by atoms with Gasteiger partial charge in [-0.05, 0) is 57.1 Å². The number of urea groups is 1. The number of nitrogens with zero attached hydrogens (tertiary/aromatic N) is 2. The minimum atomic E-state index is -0.213. The molecule has 1 aromatic carbocycles. The lowest BCUT2D eigenvalue weighted by molar-refractivity contribution is 0.133. The first kappa shape index (κ1) is 19.0. The fraction of sp³-hybridized carbons (Fsp3) is 0.611. The van der Waals surface area contributed by atoms with Crippen molar-refractivity contribution < 1.29 is 9.53 Å². The van der Waals surface area contributed by atoms with Crippen LogP contribution in [0.15, 0.2) is 18.2 Å². The molecule has 5 nitrogen and oxygen atoms in total. The lowest BCUT2D eigenvalue weighted by atomic mass is 10.0. The van der Waals surface area contributed by atoms with Crippen LogP contribution in [0.4, 0.5) is 4.79 Å². The third-order valence-electron chi connectivity index (χ3n) is 4.87. The average molecular weight is 354 g/mol. The number of carbonyl (C=O) groups is 1. The molecule has 1 aliphatic heterocycles. The summed E-state index contributed by atoms with van der Waals surface area (Å²) in [5, 5.41) is 3.80. The summed E-state index contributed by atoms with van der Waals surface area (Å²) in [6, 6.07) is 5.75.